The standard InChI is InChI=1S/C29H23B4ClFN3O4/c1-25(2,40)18-11-21-23(22(35)12-18)27(17-4-6-19(34)7-5-17,42-29(32,33)26(9-10-26)28(30,31)41)38(24(21)39)15-20-8-3-16(13-36)14-37-20/h3-8,11-12,14,40-41H,9-10,15H2,1-2H3/t27-/m1/s1. The van der Waals surface area contributed by atoms with Crippen LogP contribution in [0.25, 0.3) is 0 Å². The lowest BCUT2D eigenvalue weighted by Crippen LogP contribution is -2.62. The van der Waals surface area contributed by atoms with Gasteiger partial charge in [0.25, 0.3) is 5.91 Å². The number of halogens is 2. The van der Waals surface area contributed by atoms with Crippen molar-refractivity contribution in [2.24, 2.45) is 5.41 Å². The van der Waals surface area contributed by atoms with Gasteiger partial charge < -0.3 is 14.9 Å². The molecular formula is C29H23B4ClFN3O4. The zero-order valence-electron chi connectivity index (χ0n) is 22.9. The number of rotatable bonds is 8. The van der Waals surface area contributed by atoms with Gasteiger partial charge >= 0.3 is 0 Å². The first kappa shape index (κ1) is 30.4. The number of hydrogen-bond donors (Lipinski definition) is 2. The van der Waals surface area contributed by atoms with Gasteiger partial charge in [-0.2, -0.15) is 5.26 Å². The summed E-state index contributed by atoms with van der Waals surface area (Å²) in [6, 6.07) is 13.6. The molecule has 7 nitrogen and oxygen atoms in total. The molecule has 13 heteroatoms. The van der Waals surface area contributed by atoms with Gasteiger partial charge in [0, 0.05) is 22.2 Å². The molecule has 2 heterocycles. The highest BCUT2D eigenvalue weighted by Crippen LogP contribution is 2.61. The fourth-order valence-electron chi connectivity index (χ4n) is 5.54. The van der Waals surface area contributed by atoms with E-state index in [1.807, 2.05) is 6.07 Å². The molecule has 1 atom stereocenters. The molecule has 1 fully saturated rings. The van der Waals surface area contributed by atoms with Gasteiger partial charge in [0.15, 0.2) is 5.72 Å². The summed E-state index contributed by atoms with van der Waals surface area (Å²) in [6.07, 6.45) is 1.69. The fraction of sp³-hybridized carbons (Fsp3) is 0.345. The van der Waals surface area contributed by atoms with Crippen LogP contribution in [0.15, 0.2) is 54.7 Å². The Kier molecular flexibility index (Phi) is 7.22. The molecule has 8 radical (unpaired) electrons. The Balaban J connectivity index is 1.81. The Hall–Kier alpha value is -3.09. The second-order valence-electron chi connectivity index (χ2n) is 11.4. The first-order valence-corrected chi connectivity index (χ1v) is 13.4. The van der Waals surface area contributed by atoms with Crippen molar-refractivity contribution < 1.29 is 24.1 Å². The monoisotopic (exact) mass is 575 g/mol. The van der Waals surface area contributed by atoms with Crippen molar-refractivity contribution >= 4 is 48.9 Å². The number of aromatic nitrogens is 1. The van der Waals surface area contributed by atoms with Crippen LogP contribution in [0.3, 0.4) is 0 Å². The van der Waals surface area contributed by atoms with Gasteiger partial charge in [0.1, 0.15) is 27.6 Å². The van der Waals surface area contributed by atoms with E-state index in [2.05, 4.69) is 4.98 Å². The number of pyridine rings is 1. The lowest BCUT2D eigenvalue weighted by molar-refractivity contribution is -0.169. The highest BCUT2D eigenvalue weighted by atomic mass is 35.5. The molecule has 0 bridgehead atoms. The van der Waals surface area contributed by atoms with E-state index in [4.69, 9.17) is 47.7 Å². The first-order chi connectivity index (χ1) is 19.5. The van der Waals surface area contributed by atoms with Crippen molar-refractivity contribution in [2.75, 3.05) is 0 Å². The Labute approximate surface area is 253 Å². The van der Waals surface area contributed by atoms with E-state index in [-0.39, 0.29) is 41.6 Å². The Morgan fingerprint density at radius 1 is 1.12 bits per heavy atom. The van der Waals surface area contributed by atoms with Gasteiger partial charge in [-0.15, -0.1) is 0 Å². The van der Waals surface area contributed by atoms with E-state index in [0.29, 0.717) is 16.3 Å². The van der Waals surface area contributed by atoms with Crippen LogP contribution in [0.5, 0.6) is 0 Å². The second-order valence-corrected chi connectivity index (χ2v) is 11.9. The largest absolute Gasteiger partial charge is 0.409 e. The molecule has 1 amide bonds. The second kappa shape index (κ2) is 9.99. The third-order valence-corrected chi connectivity index (χ3v) is 8.33. The van der Waals surface area contributed by atoms with Gasteiger partial charge in [-0.3, -0.25) is 14.7 Å². The molecule has 42 heavy (non-hydrogen) atoms. The average molecular weight is 575 g/mol. The minimum Gasteiger partial charge on any atom is -0.409 e. The smallest absolute Gasteiger partial charge is 0.257 e. The van der Waals surface area contributed by atoms with Crippen molar-refractivity contribution in [1.29, 1.82) is 5.26 Å². The van der Waals surface area contributed by atoms with Crippen molar-refractivity contribution in [2.45, 2.75) is 55.4 Å². The summed E-state index contributed by atoms with van der Waals surface area (Å²) >= 11 is 6.19. The van der Waals surface area contributed by atoms with E-state index in [1.165, 1.54) is 61.3 Å². The molecule has 0 spiro atoms. The van der Waals surface area contributed by atoms with Crippen LogP contribution in [-0.2, 0) is 22.6 Å². The van der Waals surface area contributed by atoms with Gasteiger partial charge in [0.2, 0.25) is 0 Å². The number of benzene rings is 2. The topological polar surface area (TPSA) is 107 Å². The number of ether oxygens (including phenoxy) is 1. The van der Waals surface area contributed by atoms with Crippen LogP contribution in [0.2, 0.25) is 5.02 Å². The van der Waals surface area contributed by atoms with Crippen LogP contribution < -0.4 is 0 Å². The number of nitriles is 1. The fourth-order valence-corrected chi connectivity index (χ4v) is 5.66. The van der Waals surface area contributed by atoms with E-state index in [0.717, 1.165) is 6.07 Å². The molecule has 1 saturated carbocycles. The predicted octanol–water partition coefficient (Wildman–Crippen LogP) is 2.60. The summed E-state index contributed by atoms with van der Waals surface area (Å²) in [4.78, 5) is 19.8. The van der Waals surface area contributed by atoms with Crippen molar-refractivity contribution in [1.82, 2.24) is 9.88 Å². The van der Waals surface area contributed by atoms with Crippen molar-refractivity contribution in [3.05, 3.63) is 99.1 Å². The lowest BCUT2D eigenvalue weighted by Gasteiger charge is -2.51. The van der Waals surface area contributed by atoms with E-state index in [1.54, 1.807) is 6.07 Å². The SMILES string of the molecule is [B]C([B])(O)C1(C([B])([B])O[C@]2(c3ccc(Cl)cc3)c3c(F)cc(C(C)(C)O)cc3C(=O)N2Cc2ccc(C#N)cn2)CC1. The van der Waals surface area contributed by atoms with Crippen LogP contribution >= 0.6 is 11.6 Å². The normalized spacial score (nSPS) is 19.8. The van der Waals surface area contributed by atoms with Crippen LogP contribution in [0, 0.1) is 22.6 Å². The third-order valence-electron chi connectivity index (χ3n) is 8.08. The maximum atomic E-state index is 16.4. The van der Waals surface area contributed by atoms with E-state index < -0.39 is 39.3 Å². The number of aliphatic hydroxyl groups is 2. The summed E-state index contributed by atoms with van der Waals surface area (Å²) in [6.45, 7) is 2.66. The van der Waals surface area contributed by atoms with Crippen molar-refractivity contribution in [3.8, 4) is 6.07 Å². The van der Waals surface area contributed by atoms with Crippen LogP contribution in [-0.4, -0.2) is 68.2 Å². The highest BCUT2D eigenvalue weighted by Gasteiger charge is 2.65. The summed E-state index contributed by atoms with van der Waals surface area (Å²) in [5, 5.41) is 26.2. The molecule has 0 unspecified atom stereocenters. The summed E-state index contributed by atoms with van der Waals surface area (Å²) in [5.74, 6) is -1.58. The number of amides is 1. The van der Waals surface area contributed by atoms with Crippen LogP contribution in [0.4, 0.5) is 4.39 Å². The molecule has 204 valence electrons. The highest BCUT2D eigenvalue weighted by molar-refractivity contribution is 6.45. The molecule has 5 rings (SSSR count). The molecule has 1 aliphatic carbocycles. The zero-order valence-corrected chi connectivity index (χ0v) is 23.7. The van der Waals surface area contributed by atoms with Gasteiger partial charge in [0.05, 0.1) is 50.2 Å². The number of hydrogen-bond acceptors (Lipinski definition) is 6. The Morgan fingerprint density at radius 2 is 1.76 bits per heavy atom. The van der Waals surface area contributed by atoms with Gasteiger partial charge in [-0.25, -0.2) is 4.39 Å². The number of fused-ring (bicyclic) bond motifs is 1. The minimum absolute atomic E-state index is 0.118. The third kappa shape index (κ3) is 4.77. The Morgan fingerprint density at radius 3 is 2.26 bits per heavy atom. The molecule has 1 aliphatic heterocycles. The molecule has 2 aliphatic rings. The quantitative estimate of drug-likeness (QED) is 0.401. The zero-order chi connectivity index (χ0) is 30.9. The van der Waals surface area contributed by atoms with Gasteiger partial charge in [-0.1, -0.05) is 23.7 Å². The summed E-state index contributed by atoms with van der Waals surface area (Å²) in [7, 11) is 25.0. The number of nitrogens with zero attached hydrogens (tertiary/aromatic N) is 3. The number of carbonyl (C=O) groups is 1. The molecule has 2 aromatic carbocycles. The van der Waals surface area contributed by atoms with Gasteiger partial charge in [-0.05, 0) is 79.5 Å². The molecule has 0 saturated heterocycles. The molecule has 1 aromatic heterocycles. The number of carbonyl (C=O) groups excluding carboxylic acids is 1. The molecule has 2 N–H and O–H groups in total. The summed E-state index contributed by atoms with van der Waals surface area (Å²) in [5.41, 5.74) is -4.59. The maximum Gasteiger partial charge on any atom is 0.257 e. The average Bonchev–Trinajstić information content (AvgIpc) is 3.70. The molecular weight excluding hydrogens is 552 g/mol. The lowest BCUT2D eigenvalue weighted by atomic mass is 9.43. The van der Waals surface area contributed by atoms with E-state index >= 15 is 4.39 Å². The molecule has 3 aromatic rings. The predicted molar refractivity (Wildman–Crippen MR) is 156 cm³/mol. The van der Waals surface area contributed by atoms with Crippen LogP contribution in [0.1, 0.15) is 65.0 Å². The van der Waals surface area contributed by atoms with Crippen molar-refractivity contribution in [3.63, 3.8) is 0 Å². The minimum atomic E-state index is -2.38. The maximum absolute atomic E-state index is 16.4. The Bertz CT molecular complexity index is 1600. The first-order valence-electron chi connectivity index (χ1n) is 13.0. The van der Waals surface area contributed by atoms with E-state index in [9.17, 15) is 20.3 Å². The summed E-state index contributed by atoms with van der Waals surface area (Å²) < 4.78 is 22.9.